The van der Waals surface area contributed by atoms with Crippen molar-refractivity contribution in [1.29, 1.82) is 0 Å². The van der Waals surface area contributed by atoms with E-state index in [2.05, 4.69) is 4.98 Å². The fraction of sp³-hybridized carbons (Fsp3) is 0.615. The maximum atomic E-state index is 11.7. The van der Waals surface area contributed by atoms with Gasteiger partial charge in [-0.05, 0) is 12.8 Å². The molecule has 2 heterocycles. The van der Waals surface area contributed by atoms with Crippen LogP contribution in [0.5, 0.6) is 11.5 Å². The quantitative estimate of drug-likeness (QED) is 0.802. The summed E-state index contributed by atoms with van der Waals surface area (Å²) in [5.74, 6) is -1.01. The molecule has 0 spiro atoms. The zero-order valence-electron chi connectivity index (χ0n) is 11.5. The lowest BCUT2D eigenvalue weighted by molar-refractivity contribution is -0.280. The van der Waals surface area contributed by atoms with Crippen LogP contribution in [0.2, 0.25) is 0 Å². The lowest BCUT2D eigenvalue weighted by Crippen LogP contribution is -2.50. The molecule has 1 aliphatic heterocycles. The number of rotatable bonds is 4. The number of ether oxygens (including phenoxy) is 3. The molecule has 2 atom stereocenters. The second-order valence-electron chi connectivity index (χ2n) is 5.19. The molecule has 6 nitrogen and oxygen atoms in total. The van der Waals surface area contributed by atoms with Crippen molar-refractivity contribution < 1.29 is 19.3 Å². The molecule has 6 heteroatoms. The van der Waals surface area contributed by atoms with Crippen molar-refractivity contribution in [3.8, 4) is 11.5 Å². The van der Waals surface area contributed by atoms with Gasteiger partial charge in [-0.3, -0.25) is 4.79 Å². The first kappa shape index (κ1) is 13.9. The van der Waals surface area contributed by atoms with Crippen LogP contribution in [0.4, 0.5) is 0 Å². The fourth-order valence-electron chi connectivity index (χ4n) is 2.14. The summed E-state index contributed by atoms with van der Waals surface area (Å²) >= 11 is 0. The van der Waals surface area contributed by atoms with Gasteiger partial charge in [0.25, 0.3) is 11.8 Å². The first-order chi connectivity index (χ1) is 8.85. The summed E-state index contributed by atoms with van der Waals surface area (Å²) in [6.45, 7) is 5.64. The molecular formula is C13H19NO5. The minimum atomic E-state index is -1.59. The van der Waals surface area contributed by atoms with Crippen molar-refractivity contribution in [3.05, 3.63) is 22.1 Å². The largest absolute Gasteiger partial charge is 0.445 e. The Bertz CT molecular complexity index is 524. The molecule has 1 aromatic rings. The Labute approximate surface area is 111 Å². The number of fused-ring (bicyclic) bond motifs is 1. The van der Waals surface area contributed by atoms with Crippen LogP contribution >= 0.6 is 0 Å². The van der Waals surface area contributed by atoms with Crippen LogP contribution in [-0.4, -0.2) is 29.3 Å². The predicted octanol–water partition coefficient (Wildman–Crippen LogP) is 1.16. The summed E-state index contributed by atoms with van der Waals surface area (Å²) in [5.41, 5.74) is 0.290. The number of aliphatic hydroxyl groups is 1. The van der Waals surface area contributed by atoms with Gasteiger partial charge in [-0.1, -0.05) is 13.8 Å². The van der Waals surface area contributed by atoms with Crippen LogP contribution in [0.1, 0.15) is 26.0 Å². The lowest BCUT2D eigenvalue weighted by Gasteiger charge is -2.31. The summed E-state index contributed by atoms with van der Waals surface area (Å²) in [5, 5.41) is 10.4. The molecule has 2 rings (SSSR count). The lowest BCUT2D eigenvalue weighted by atomic mass is 10.0. The Kier molecular flexibility index (Phi) is 3.56. The molecule has 0 amide bonds. The minimum Gasteiger partial charge on any atom is -0.445 e. The van der Waals surface area contributed by atoms with E-state index < -0.39 is 12.1 Å². The van der Waals surface area contributed by atoms with Crippen LogP contribution < -0.4 is 15.0 Å². The van der Waals surface area contributed by atoms with Gasteiger partial charge >= 0.3 is 0 Å². The molecule has 2 N–H and O–H groups in total. The zero-order valence-corrected chi connectivity index (χ0v) is 11.5. The van der Waals surface area contributed by atoms with E-state index >= 15 is 0 Å². The molecule has 19 heavy (non-hydrogen) atoms. The highest BCUT2D eigenvalue weighted by atomic mass is 16.8. The topological polar surface area (TPSA) is 80.8 Å². The second kappa shape index (κ2) is 4.86. The highest BCUT2D eigenvalue weighted by Crippen LogP contribution is 2.37. The average Bonchev–Trinajstić information content (AvgIpc) is 2.72. The fourth-order valence-corrected chi connectivity index (χ4v) is 2.14. The normalized spacial score (nSPS) is 20.6. The van der Waals surface area contributed by atoms with Crippen molar-refractivity contribution in [2.45, 2.75) is 39.3 Å². The molecule has 106 valence electrons. The third-order valence-corrected chi connectivity index (χ3v) is 2.97. The second-order valence-corrected chi connectivity index (χ2v) is 5.19. The predicted molar refractivity (Wildman–Crippen MR) is 68.3 cm³/mol. The number of aryl methyl sites for hydroxylation is 1. The third kappa shape index (κ3) is 2.59. The van der Waals surface area contributed by atoms with Crippen molar-refractivity contribution in [2.75, 3.05) is 7.11 Å². The molecule has 1 aliphatic rings. The van der Waals surface area contributed by atoms with E-state index in [1.807, 2.05) is 13.8 Å². The van der Waals surface area contributed by atoms with E-state index in [9.17, 15) is 9.90 Å². The Morgan fingerprint density at radius 3 is 2.79 bits per heavy atom. The SMILES string of the molecule is CO[C@@](O)(CC(C)C)[C@@H]1Oc2cc(C)[nH]c(=O)c2O1. The van der Waals surface area contributed by atoms with Gasteiger partial charge in [0.05, 0.1) is 0 Å². The van der Waals surface area contributed by atoms with Gasteiger partial charge in [-0.25, -0.2) is 0 Å². The highest BCUT2D eigenvalue weighted by Gasteiger charge is 2.46. The van der Waals surface area contributed by atoms with Crippen LogP contribution in [0.3, 0.4) is 0 Å². The summed E-state index contributed by atoms with van der Waals surface area (Å²) in [6, 6.07) is 1.65. The van der Waals surface area contributed by atoms with Gasteiger partial charge in [-0.2, -0.15) is 0 Å². The van der Waals surface area contributed by atoms with Gasteiger partial charge < -0.3 is 24.3 Å². The van der Waals surface area contributed by atoms with Crippen LogP contribution in [0, 0.1) is 12.8 Å². The first-order valence-corrected chi connectivity index (χ1v) is 6.20. The number of hydrogen-bond acceptors (Lipinski definition) is 5. The van der Waals surface area contributed by atoms with E-state index in [-0.39, 0.29) is 17.2 Å². The highest BCUT2D eigenvalue weighted by molar-refractivity contribution is 5.41. The van der Waals surface area contributed by atoms with Crippen molar-refractivity contribution in [1.82, 2.24) is 4.98 Å². The Hall–Kier alpha value is -1.53. The summed E-state index contributed by atoms with van der Waals surface area (Å²) in [4.78, 5) is 14.4. The maximum absolute atomic E-state index is 11.7. The number of nitrogens with one attached hydrogen (secondary N) is 1. The average molecular weight is 269 g/mol. The van der Waals surface area contributed by atoms with E-state index in [1.165, 1.54) is 7.11 Å². The van der Waals surface area contributed by atoms with Gasteiger partial charge in [0.2, 0.25) is 11.5 Å². The molecule has 0 unspecified atom stereocenters. The number of H-pyrrole nitrogens is 1. The van der Waals surface area contributed by atoms with Crippen LogP contribution in [0.25, 0.3) is 0 Å². The molecule has 0 saturated carbocycles. The Balaban J connectivity index is 2.28. The van der Waals surface area contributed by atoms with Gasteiger partial charge in [0.15, 0.2) is 5.75 Å². The molecule has 0 saturated heterocycles. The van der Waals surface area contributed by atoms with E-state index in [0.29, 0.717) is 17.9 Å². The Morgan fingerprint density at radius 2 is 2.21 bits per heavy atom. The van der Waals surface area contributed by atoms with E-state index in [0.717, 1.165) is 0 Å². The van der Waals surface area contributed by atoms with Crippen molar-refractivity contribution >= 4 is 0 Å². The van der Waals surface area contributed by atoms with E-state index in [1.54, 1.807) is 13.0 Å². The molecule has 1 aromatic heterocycles. The van der Waals surface area contributed by atoms with Gasteiger partial charge in [-0.15, -0.1) is 0 Å². The summed E-state index contributed by atoms with van der Waals surface area (Å²) < 4.78 is 16.0. The molecular weight excluding hydrogens is 250 g/mol. The number of methoxy groups -OCH3 is 1. The first-order valence-electron chi connectivity index (χ1n) is 6.20. The summed E-state index contributed by atoms with van der Waals surface area (Å²) in [7, 11) is 1.38. The summed E-state index contributed by atoms with van der Waals surface area (Å²) in [6.07, 6.45) is -0.711. The smallest absolute Gasteiger partial charge is 0.295 e. The molecule has 0 aromatic carbocycles. The third-order valence-electron chi connectivity index (χ3n) is 2.97. The molecule has 0 fully saturated rings. The van der Waals surface area contributed by atoms with Crippen LogP contribution in [0.15, 0.2) is 10.9 Å². The number of pyridine rings is 1. The monoisotopic (exact) mass is 269 g/mol. The number of aromatic nitrogens is 1. The molecule has 0 bridgehead atoms. The minimum absolute atomic E-state index is 0.0785. The molecule has 0 radical (unpaired) electrons. The van der Waals surface area contributed by atoms with Crippen molar-refractivity contribution in [3.63, 3.8) is 0 Å². The van der Waals surface area contributed by atoms with Gasteiger partial charge in [0, 0.05) is 25.3 Å². The number of aromatic amines is 1. The van der Waals surface area contributed by atoms with E-state index in [4.69, 9.17) is 14.2 Å². The van der Waals surface area contributed by atoms with Gasteiger partial charge in [0.1, 0.15) is 0 Å². The standard InChI is InChI=1S/C13H19NO5/c1-7(2)6-13(16,17-4)12-18-9-5-8(3)14-11(15)10(9)19-12/h5,7,12,16H,6H2,1-4H3,(H,14,15)/t12-,13+/m1/s1. The Morgan fingerprint density at radius 1 is 1.53 bits per heavy atom. The van der Waals surface area contributed by atoms with Crippen molar-refractivity contribution in [2.24, 2.45) is 5.92 Å². The molecule has 0 aliphatic carbocycles. The zero-order chi connectivity index (χ0) is 14.2. The maximum Gasteiger partial charge on any atom is 0.295 e. The number of hydrogen-bond donors (Lipinski definition) is 2. The van der Waals surface area contributed by atoms with Crippen LogP contribution in [-0.2, 0) is 4.74 Å².